The van der Waals surface area contributed by atoms with Gasteiger partial charge in [0.25, 0.3) is 0 Å². The van der Waals surface area contributed by atoms with Crippen LogP contribution in [0.1, 0.15) is 38.7 Å². The predicted octanol–water partition coefficient (Wildman–Crippen LogP) is 4.21. The van der Waals surface area contributed by atoms with Gasteiger partial charge in [-0.15, -0.1) is 0 Å². The van der Waals surface area contributed by atoms with E-state index in [1.807, 2.05) is 31.2 Å². The van der Waals surface area contributed by atoms with Crippen LogP contribution in [-0.4, -0.2) is 16.5 Å². The molecule has 106 valence electrons. The number of nitrogens with zero attached hydrogens (tertiary/aromatic N) is 2. The third kappa shape index (κ3) is 3.47. The summed E-state index contributed by atoms with van der Waals surface area (Å²) in [6.07, 6.45) is 2.59. The van der Waals surface area contributed by atoms with E-state index in [1.165, 1.54) is 11.9 Å². The van der Waals surface area contributed by atoms with Gasteiger partial charge in [-0.25, -0.2) is 9.97 Å². The molecule has 0 saturated heterocycles. The van der Waals surface area contributed by atoms with Crippen LogP contribution < -0.4 is 10.1 Å². The van der Waals surface area contributed by atoms with Crippen LogP contribution in [-0.2, 0) is 0 Å². The molecule has 1 unspecified atom stereocenters. The number of para-hydroxylation sites is 1. The summed E-state index contributed by atoms with van der Waals surface area (Å²) in [4.78, 5) is 8.31. The number of ether oxygens (including phenoxy) is 1. The monoisotopic (exact) mass is 271 g/mol. The summed E-state index contributed by atoms with van der Waals surface area (Å²) >= 11 is 0. The summed E-state index contributed by atoms with van der Waals surface area (Å²) in [5.41, 5.74) is 1.21. The minimum atomic E-state index is 0.460. The molecule has 1 aromatic carbocycles. The lowest BCUT2D eigenvalue weighted by atomic mass is 9.98. The average molecular weight is 271 g/mol. The Morgan fingerprint density at radius 2 is 2.00 bits per heavy atom. The molecule has 20 heavy (non-hydrogen) atoms. The quantitative estimate of drug-likeness (QED) is 0.854. The molecule has 0 saturated carbocycles. The van der Waals surface area contributed by atoms with Crippen LogP contribution >= 0.6 is 0 Å². The number of benzene rings is 1. The fourth-order valence-corrected chi connectivity index (χ4v) is 1.99. The Kier molecular flexibility index (Phi) is 4.93. The molecule has 2 rings (SSSR count). The van der Waals surface area contributed by atoms with E-state index in [-0.39, 0.29) is 0 Å². The van der Waals surface area contributed by atoms with E-state index < -0.39 is 0 Å². The van der Waals surface area contributed by atoms with Crippen LogP contribution in [0, 0.1) is 0 Å². The van der Waals surface area contributed by atoms with Gasteiger partial charge in [-0.2, -0.15) is 0 Å². The van der Waals surface area contributed by atoms with Crippen molar-refractivity contribution in [1.82, 2.24) is 9.97 Å². The van der Waals surface area contributed by atoms with Crippen LogP contribution in [0.15, 0.2) is 36.7 Å². The normalized spacial score (nSPS) is 11.9. The highest BCUT2D eigenvalue weighted by atomic mass is 16.5. The maximum absolute atomic E-state index is 5.93. The van der Waals surface area contributed by atoms with E-state index in [0.717, 1.165) is 24.5 Å². The standard InChI is InChI=1S/C16H21N3O/c1-4-12(3)13-8-6-7-9-14(13)20-16-10-15(17-5-2)18-11-19-16/h6-12H,4-5H2,1-3H3,(H,17,18,19). The lowest BCUT2D eigenvalue weighted by Crippen LogP contribution is -2.01. The molecule has 0 radical (unpaired) electrons. The molecule has 1 atom stereocenters. The molecular weight excluding hydrogens is 250 g/mol. The van der Waals surface area contributed by atoms with Gasteiger partial charge in [-0.1, -0.05) is 32.0 Å². The molecule has 0 spiro atoms. The largest absolute Gasteiger partial charge is 0.439 e. The molecule has 2 aromatic rings. The van der Waals surface area contributed by atoms with Crippen molar-refractivity contribution < 1.29 is 4.74 Å². The van der Waals surface area contributed by atoms with Crippen molar-refractivity contribution in [3.63, 3.8) is 0 Å². The highest BCUT2D eigenvalue weighted by molar-refractivity contribution is 5.41. The van der Waals surface area contributed by atoms with Crippen LogP contribution in [0.25, 0.3) is 0 Å². The Hall–Kier alpha value is -2.10. The lowest BCUT2D eigenvalue weighted by Gasteiger charge is -2.15. The summed E-state index contributed by atoms with van der Waals surface area (Å²) in [7, 11) is 0. The molecule has 1 aromatic heterocycles. The van der Waals surface area contributed by atoms with E-state index in [9.17, 15) is 0 Å². The Morgan fingerprint density at radius 1 is 1.20 bits per heavy atom. The first kappa shape index (κ1) is 14.3. The number of aromatic nitrogens is 2. The minimum absolute atomic E-state index is 0.460. The van der Waals surface area contributed by atoms with E-state index in [4.69, 9.17) is 4.74 Å². The van der Waals surface area contributed by atoms with Gasteiger partial charge >= 0.3 is 0 Å². The molecule has 1 N–H and O–H groups in total. The highest BCUT2D eigenvalue weighted by Crippen LogP contribution is 2.31. The van der Waals surface area contributed by atoms with Crippen molar-refractivity contribution in [2.24, 2.45) is 0 Å². The molecule has 0 aliphatic heterocycles. The van der Waals surface area contributed by atoms with Crippen molar-refractivity contribution in [3.8, 4) is 11.6 Å². The fourth-order valence-electron chi connectivity index (χ4n) is 1.99. The number of rotatable bonds is 6. The fraction of sp³-hybridized carbons (Fsp3) is 0.375. The zero-order chi connectivity index (χ0) is 14.4. The zero-order valence-electron chi connectivity index (χ0n) is 12.3. The first-order chi connectivity index (χ1) is 9.74. The van der Waals surface area contributed by atoms with Gasteiger partial charge in [0.05, 0.1) is 0 Å². The molecule has 0 amide bonds. The second kappa shape index (κ2) is 6.89. The van der Waals surface area contributed by atoms with Gasteiger partial charge in [0.1, 0.15) is 17.9 Å². The number of anilines is 1. The number of hydrogen-bond donors (Lipinski definition) is 1. The predicted molar refractivity (Wildman–Crippen MR) is 81.4 cm³/mol. The summed E-state index contributed by atoms with van der Waals surface area (Å²) in [6.45, 7) is 7.22. The van der Waals surface area contributed by atoms with E-state index in [2.05, 4.69) is 35.2 Å². The Labute approximate surface area is 120 Å². The van der Waals surface area contributed by atoms with Crippen molar-refractivity contribution >= 4 is 5.82 Å². The van der Waals surface area contributed by atoms with Crippen LogP contribution in [0.2, 0.25) is 0 Å². The van der Waals surface area contributed by atoms with Gasteiger partial charge in [-0.05, 0) is 30.9 Å². The third-order valence-corrected chi connectivity index (χ3v) is 3.28. The molecule has 0 fully saturated rings. The van der Waals surface area contributed by atoms with Crippen LogP contribution in [0.3, 0.4) is 0 Å². The summed E-state index contributed by atoms with van der Waals surface area (Å²) in [6, 6.07) is 9.93. The van der Waals surface area contributed by atoms with Crippen molar-refractivity contribution in [1.29, 1.82) is 0 Å². The molecule has 0 aliphatic rings. The number of hydrogen-bond acceptors (Lipinski definition) is 4. The Morgan fingerprint density at radius 3 is 2.75 bits per heavy atom. The van der Waals surface area contributed by atoms with Crippen molar-refractivity contribution in [3.05, 3.63) is 42.2 Å². The van der Waals surface area contributed by atoms with E-state index in [0.29, 0.717) is 11.8 Å². The SMILES string of the molecule is CCNc1cc(Oc2ccccc2C(C)CC)ncn1. The molecule has 4 nitrogen and oxygen atoms in total. The van der Waals surface area contributed by atoms with Gasteiger partial charge in [0, 0.05) is 12.6 Å². The number of nitrogens with one attached hydrogen (secondary N) is 1. The van der Waals surface area contributed by atoms with Crippen molar-refractivity contribution in [2.75, 3.05) is 11.9 Å². The van der Waals surface area contributed by atoms with E-state index >= 15 is 0 Å². The zero-order valence-corrected chi connectivity index (χ0v) is 12.3. The Balaban J connectivity index is 2.23. The average Bonchev–Trinajstić information content (AvgIpc) is 2.48. The molecule has 1 heterocycles. The van der Waals surface area contributed by atoms with Gasteiger partial charge in [0.15, 0.2) is 0 Å². The molecule has 4 heteroatoms. The topological polar surface area (TPSA) is 47.0 Å². The van der Waals surface area contributed by atoms with E-state index in [1.54, 1.807) is 0 Å². The Bertz CT molecular complexity index is 557. The summed E-state index contributed by atoms with van der Waals surface area (Å²) in [5.74, 6) is 2.66. The molecule has 0 aliphatic carbocycles. The first-order valence-corrected chi connectivity index (χ1v) is 7.07. The second-order valence-corrected chi connectivity index (χ2v) is 4.72. The summed E-state index contributed by atoms with van der Waals surface area (Å²) < 4.78 is 5.93. The third-order valence-electron chi connectivity index (χ3n) is 3.28. The first-order valence-electron chi connectivity index (χ1n) is 7.07. The molecule has 0 bridgehead atoms. The second-order valence-electron chi connectivity index (χ2n) is 4.72. The van der Waals surface area contributed by atoms with Gasteiger partial charge < -0.3 is 10.1 Å². The van der Waals surface area contributed by atoms with Crippen LogP contribution in [0.5, 0.6) is 11.6 Å². The highest BCUT2D eigenvalue weighted by Gasteiger charge is 2.11. The molecular formula is C16H21N3O. The maximum atomic E-state index is 5.93. The lowest BCUT2D eigenvalue weighted by molar-refractivity contribution is 0.451. The minimum Gasteiger partial charge on any atom is -0.439 e. The summed E-state index contributed by atoms with van der Waals surface area (Å²) in [5, 5.41) is 3.15. The smallest absolute Gasteiger partial charge is 0.224 e. The van der Waals surface area contributed by atoms with Gasteiger partial charge in [-0.3, -0.25) is 0 Å². The maximum Gasteiger partial charge on any atom is 0.224 e. The van der Waals surface area contributed by atoms with Gasteiger partial charge in [0.2, 0.25) is 5.88 Å². The van der Waals surface area contributed by atoms with Crippen molar-refractivity contribution in [2.45, 2.75) is 33.1 Å². The van der Waals surface area contributed by atoms with Crippen LogP contribution in [0.4, 0.5) is 5.82 Å².